The summed E-state index contributed by atoms with van der Waals surface area (Å²) in [6, 6.07) is 8.22. The van der Waals surface area contributed by atoms with Gasteiger partial charge in [-0.05, 0) is 31.4 Å². The minimum atomic E-state index is -0.277. The summed E-state index contributed by atoms with van der Waals surface area (Å²) in [5.41, 5.74) is 4.28. The van der Waals surface area contributed by atoms with Crippen molar-refractivity contribution in [3.63, 3.8) is 0 Å². The Hall–Kier alpha value is -1.94. The smallest absolute Gasteiger partial charge is 0.157 e. The van der Waals surface area contributed by atoms with Gasteiger partial charge in [0.05, 0.1) is 5.69 Å². The molecule has 0 atom stereocenters. The first-order chi connectivity index (χ1) is 9.72. The van der Waals surface area contributed by atoms with Crippen molar-refractivity contribution in [2.45, 2.75) is 19.3 Å². The molecule has 20 heavy (non-hydrogen) atoms. The van der Waals surface area contributed by atoms with Crippen LogP contribution in [-0.4, -0.2) is 14.6 Å². The second-order valence-corrected chi connectivity index (χ2v) is 5.35. The molecule has 0 N–H and O–H groups in total. The predicted octanol–water partition coefficient (Wildman–Crippen LogP) is 3.68. The highest BCUT2D eigenvalue weighted by Crippen LogP contribution is 2.30. The minimum absolute atomic E-state index is 0.277. The van der Waals surface area contributed by atoms with Crippen molar-refractivity contribution >= 4 is 17.2 Å². The third kappa shape index (κ3) is 1.72. The van der Waals surface area contributed by atoms with Gasteiger partial charge in [-0.15, -0.1) is 0 Å². The van der Waals surface area contributed by atoms with Crippen LogP contribution in [0.25, 0.3) is 16.9 Å². The van der Waals surface area contributed by atoms with E-state index in [-0.39, 0.29) is 5.82 Å². The number of hydrogen-bond donors (Lipinski definition) is 0. The quantitative estimate of drug-likeness (QED) is 0.639. The van der Waals surface area contributed by atoms with E-state index < -0.39 is 0 Å². The first-order valence-corrected chi connectivity index (χ1v) is 6.93. The van der Waals surface area contributed by atoms with E-state index in [1.165, 1.54) is 12.1 Å². The van der Waals surface area contributed by atoms with Gasteiger partial charge < -0.3 is 0 Å². The van der Waals surface area contributed by atoms with Gasteiger partial charge in [0.1, 0.15) is 11.0 Å². The molecule has 1 aliphatic rings. The third-order valence-corrected chi connectivity index (χ3v) is 4.07. The summed E-state index contributed by atoms with van der Waals surface area (Å²) in [6.45, 7) is 0. The fraction of sp³-hybridized carbons (Fsp3) is 0.200. The van der Waals surface area contributed by atoms with E-state index in [2.05, 4.69) is 10.1 Å². The maximum absolute atomic E-state index is 13.3. The molecule has 0 saturated heterocycles. The lowest BCUT2D eigenvalue weighted by Crippen LogP contribution is -1.99. The molecule has 100 valence electrons. The van der Waals surface area contributed by atoms with Crippen molar-refractivity contribution in [2.24, 2.45) is 0 Å². The van der Waals surface area contributed by atoms with Gasteiger partial charge in [-0.3, -0.25) is 0 Å². The zero-order valence-corrected chi connectivity index (χ0v) is 11.4. The van der Waals surface area contributed by atoms with E-state index >= 15 is 0 Å². The Kier molecular flexibility index (Phi) is 2.54. The molecule has 0 bridgehead atoms. The van der Waals surface area contributed by atoms with Gasteiger partial charge in [-0.2, -0.15) is 5.10 Å². The second-order valence-electron chi connectivity index (χ2n) is 4.99. The van der Waals surface area contributed by atoms with Crippen LogP contribution in [0.1, 0.15) is 17.7 Å². The molecular weight excluding hydrogens is 277 g/mol. The molecule has 0 spiro atoms. The Labute approximate surface area is 120 Å². The largest absolute Gasteiger partial charge is 0.233 e. The number of fused-ring (bicyclic) bond motifs is 2. The van der Waals surface area contributed by atoms with Crippen molar-refractivity contribution in [1.29, 1.82) is 0 Å². The molecule has 3 nitrogen and oxygen atoms in total. The van der Waals surface area contributed by atoms with Crippen LogP contribution in [0.3, 0.4) is 0 Å². The summed E-state index contributed by atoms with van der Waals surface area (Å²) < 4.78 is 14.9. The van der Waals surface area contributed by atoms with Crippen LogP contribution < -0.4 is 0 Å². The molecule has 1 aliphatic carbocycles. The fourth-order valence-electron chi connectivity index (χ4n) is 2.72. The van der Waals surface area contributed by atoms with Gasteiger partial charge in [-0.1, -0.05) is 23.7 Å². The summed E-state index contributed by atoms with van der Waals surface area (Å²) in [6.07, 6.45) is 3.00. The molecule has 3 aromatic rings. The topological polar surface area (TPSA) is 30.2 Å². The fourth-order valence-corrected chi connectivity index (χ4v) is 3.05. The molecule has 4 rings (SSSR count). The van der Waals surface area contributed by atoms with E-state index in [0.29, 0.717) is 10.8 Å². The lowest BCUT2D eigenvalue weighted by atomic mass is 10.1. The molecule has 2 aromatic heterocycles. The first-order valence-electron chi connectivity index (χ1n) is 6.55. The van der Waals surface area contributed by atoms with Gasteiger partial charge in [0.2, 0.25) is 0 Å². The molecular formula is C15H11ClFN3. The van der Waals surface area contributed by atoms with E-state index in [9.17, 15) is 4.39 Å². The number of nitrogens with zero attached hydrogens (tertiary/aromatic N) is 3. The lowest BCUT2D eigenvalue weighted by molar-refractivity contribution is 0.628. The van der Waals surface area contributed by atoms with Crippen LogP contribution in [0.4, 0.5) is 4.39 Å². The molecule has 5 heteroatoms. The number of aryl methyl sites for hydroxylation is 1. The average molecular weight is 288 g/mol. The number of benzene rings is 1. The number of aromatic nitrogens is 3. The Morgan fingerprint density at radius 2 is 2.10 bits per heavy atom. The first kappa shape index (κ1) is 11.9. The Morgan fingerprint density at radius 3 is 2.95 bits per heavy atom. The molecule has 0 saturated carbocycles. The van der Waals surface area contributed by atoms with E-state index in [1.54, 1.807) is 10.6 Å². The summed E-state index contributed by atoms with van der Waals surface area (Å²) in [4.78, 5) is 4.61. The molecule has 0 unspecified atom stereocenters. The molecule has 2 heterocycles. The monoisotopic (exact) mass is 287 g/mol. The summed E-state index contributed by atoms with van der Waals surface area (Å²) in [7, 11) is 0. The maximum Gasteiger partial charge on any atom is 0.157 e. The molecule has 0 fully saturated rings. The summed E-state index contributed by atoms with van der Waals surface area (Å²) in [5.74, 6) is -0.277. The summed E-state index contributed by atoms with van der Waals surface area (Å²) in [5, 5.41) is 5.09. The second kappa shape index (κ2) is 4.28. The van der Waals surface area contributed by atoms with Crippen LogP contribution in [0, 0.1) is 5.82 Å². The molecule has 0 radical (unpaired) electrons. The van der Waals surface area contributed by atoms with E-state index in [0.717, 1.165) is 41.7 Å². The van der Waals surface area contributed by atoms with E-state index in [4.69, 9.17) is 11.6 Å². The molecule has 1 aromatic carbocycles. The van der Waals surface area contributed by atoms with Gasteiger partial charge >= 0.3 is 0 Å². The zero-order chi connectivity index (χ0) is 13.7. The van der Waals surface area contributed by atoms with Crippen LogP contribution >= 0.6 is 11.6 Å². The van der Waals surface area contributed by atoms with Crippen molar-refractivity contribution < 1.29 is 4.39 Å². The zero-order valence-electron chi connectivity index (χ0n) is 10.6. The van der Waals surface area contributed by atoms with Crippen LogP contribution in [-0.2, 0) is 12.8 Å². The number of rotatable bonds is 1. The Bertz CT molecular complexity index is 825. The molecule has 0 amide bonds. The Morgan fingerprint density at radius 1 is 1.20 bits per heavy atom. The average Bonchev–Trinajstić information content (AvgIpc) is 3.05. The van der Waals surface area contributed by atoms with Crippen LogP contribution in [0.2, 0.25) is 5.15 Å². The van der Waals surface area contributed by atoms with Crippen LogP contribution in [0.15, 0.2) is 30.3 Å². The van der Waals surface area contributed by atoms with Gasteiger partial charge in [0.25, 0.3) is 0 Å². The van der Waals surface area contributed by atoms with Gasteiger partial charge in [0, 0.05) is 22.9 Å². The lowest BCUT2D eigenvalue weighted by Gasteiger charge is -2.03. The van der Waals surface area contributed by atoms with Crippen molar-refractivity contribution in [2.75, 3.05) is 0 Å². The van der Waals surface area contributed by atoms with Gasteiger partial charge in [0.15, 0.2) is 5.65 Å². The highest BCUT2D eigenvalue weighted by atomic mass is 35.5. The highest BCUT2D eigenvalue weighted by Gasteiger charge is 2.20. The molecule has 0 aliphatic heterocycles. The normalized spacial score (nSPS) is 13.9. The van der Waals surface area contributed by atoms with E-state index in [1.807, 2.05) is 12.1 Å². The number of hydrogen-bond acceptors (Lipinski definition) is 2. The Balaban J connectivity index is 1.94. The predicted molar refractivity (Wildman–Crippen MR) is 75.4 cm³/mol. The number of halogens is 2. The standard InChI is InChI=1S/C15H11ClFN3/c16-15-11-5-2-6-12(11)18-14-8-13(19-20(14)15)9-3-1-4-10(17)7-9/h1,3-4,7-8H,2,5-6H2. The minimum Gasteiger partial charge on any atom is -0.233 e. The van der Waals surface area contributed by atoms with Crippen molar-refractivity contribution in [1.82, 2.24) is 14.6 Å². The maximum atomic E-state index is 13.3. The van der Waals surface area contributed by atoms with Gasteiger partial charge in [-0.25, -0.2) is 13.9 Å². The highest BCUT2D eigenvalue weighted by molar-refractivity contribution is 6.30. The SMILES string of the molecule is Fc1cccc(-c2cc3nc4c(c(Cl)n3n2)CCC4)c1. The third-order valence-electron chi connectivity index (χ3n) is 3.68. The van der Waals surface area contributed by atoms with Crippen LogP contribution in [0.5, 0.6) is 0 Å². The van der Waals surface area contributed by atoms with Crippen molar-refractivity contribution in [3.8, 4) is 11.3 Å². The van der Waals surface area contributed by atoms with Crippen molar-refractivity contribution in [3.05, 3.63) is 52.6 Å². The summed E-state index contributed by atoms with van der Waals surface area (Å²) >= 11 is 6.41.